The SMILES string of the molecule is Cc1cc2c(cc1F)[nH]c(=S)n2CC(=O)NC(C)(C)C. The van der Waals surface area contributed by atoms with Crippen molar-refractivity contribution in [2.75, 3.05) is 0 Å². The fraction of sp³-hybridized carbons (Fsp3) is 0.429. The first-order chi connectivity index (χ1) is 9.17. The molecule has 0 saturated heterocycles. The molecular formula is C14H18FN3OS. The number of hydrogen-bond donors (Lipinski definition) is 2. The van der Waals surface area contributed by atoms with Gasteiger partial charge in [0.25, 0.3) is 0 Å². The summed E-state index contributed by atoms with van der Waals surface area (Å²) in [5.41, 5.74) is 1.56. The Bertz CT molecular complexity index is 724. The Hall–Kier alpha value is -1.69. The van der Waals surface area contributed by atoms with Gasteiger partial charge in [0.15, 0.2) is 4.77 Å². The van der Waals surface area contributed by atoms with Gasteiger partial charge in [-0.2, -0.15) is 0 Å². The molecule has 1 heterocycles. The van der Waals surface area contributed by atoms with Gasteiger partial charge >= 0.3 is 0 Å². The van der Waals surface area contributed by atoms with E-state index in [4.69, 9.17) is 12.2 Å². The van der Waals surface area contributed by atoms with E-state index in [9.17, 15) is 9.18 Å². The van der Waals surface area contributed by atoms with E-state index in [0.29, 0.717) is 15.9 Å². The third-order valence-electron chi connectivity index (χ3n) is 2.87. The number of rotatable bonds is 2. The maximum atomic E-state index is 13.5. The fourth-order valence-electron chi connectivity index (χ4n) is 2.04. The van der Waals surface area contributed by atoms with Crippen molar-refractivity contribution in [2.24, 2.45) is 0 Å². The molecule has 6 heteroatoms. The van der Waals surface area contributed by atoms with Crippen LogP contribution in [0.15, 0.2) is 12.1 Å². The maximum absolute atomic E-state index is 13.5. The van der Waals surface area contributed by atoms with Crippen LogP contribution in [0, 0.1) is 17.5 Å². The van der Waals surface area contributed by atoms with Gasteiger partial charge in [0.2, 0.25) is 5.91 Å². The van der Waals surface area contributed by atoms with Crippen LogP contribution < -0.4 is 5.32 Å². The minimum Gasteiger partial charge on any atom is -0.350 e. The molecule has 4 nitrogen and oxygen atoms in total. The number of nitrogens with one attached hydrogen (secondary N) is 2. The van der Waals surface area contributed by atoms with Crippen LogP contribution >= 0.6 is 12.2 Å². The summed E-state index contributed by atoms with van der Waals surface area (Å²) in [6.45, 7) is 7.54. The number of halogens is 1. The van der Waals surface area contributed by atoms with Crippen molar-refractivity contribution in [3.63, 3.8) is 0 Å². The quantitative estimate of drug-likeness (QED) is 0.837. The largest absolute Gasteiger partial charge is 0.350 e. The third kappa shape index (κ3) is 3.07. The van der Waals surface area contributed by atoms with Crippen molar-refractivity contribution >= 4 is 29.2 Å². The monoisotopic (exact) mass is 295 g/mol. The predicted molar refractivity (Wildman–Crippen MR) is 79.7 cm³/mol. The van der Waals surface area contributed by atoms with Gasteiger partial charge < -0.3 is 14.9 Å². The number of amides is 1. The van der Waals surface area contributed by atoms with Crippen LogP contribution in [0.4, 0.5) is 4.39 Å². The van der Waals surface area contributed by atoms with Crippen molar-refractivity contribution in [3.8, 4) is 0 Å². The van der Waals surface area contributed by atoms with Crippen LogP contribution in [0.25, 0.3) is 11.0 Å². The Labute approximate surface area is 122 Å². The maximum Gasteiger partial charge on any atom is 0.240 e. The second-order valence-corrected chi connectivity index (χ2v) is 6.32. The van der Waals surface area contributed by atoms with Crippen molar-refractivity contribution in [2.45, 2.75) is 39.8 Å². The number of aryl methyl sites for hydroxylation is 1. The number of H-pyrrole nitrogens is 1. The normalized spacial score (nSPS) is 11.8. The van der Waals surface area contributed by atoms with Crippen LogP contribution in [0.2, 0.25) is 0 Å². The summed E-state index contributed by atoms with van der Waals surface area (Å²) in [6, 6.07) is 3.10. The van der Waals surface area contributed by atoms with E-state index in [0.717, 1.165) is 5.52 Å². The van der Waals surface area contributed by atoms with Crippen molar-refractivity contribution < 1.29 is 9.18 Å². The number of carbonyl (C=O) groups excluding carboxylic acids is 1. The van der Waals surface area contributed by atoms with Gasteiger partial charge in [-0.05, 0) is 57.6 Å². The molecule has 0 saturated carbocycles. The van der Waals surface area contributed by atoms with Gasteiger partial charge in [0.1, 0.15) is 12.4 Å². The molecule has 0 aliphatic heterocycles. The number of fused-ring (bicyclic) bond motifs is 1. The molecule has 0 fully saturated rings. The fourth-order valence-corrected chi connectivity index (χ4v) is 2.31. The molecule has 0 radical (unpaired) electrons. The number of imidazole rings is 1. The van der Waals surface area contributed by atoms with Crippen LogP contribution in [0.1, 0.15) is 26.3 Å². The zero-order chi connectivity index (χ0) is 15.1. The summed E-state index contributed by atoms with van der Waals surface area (Å²) < 4.78 is 15.6. The minimum absolute atomic E-state index is 0.112. The molecule has 2 N–H and O–H groups in total. The summed E-state index contributed by atoms with van der Waals surface area (Å²) in [7, 11) is 0. The van der Waals surface area contributed by atoms with Gasteiger partial charge in [-0.1, -0.05) is 0 Å². The van der Waals surface area contributed by atoms with Crippen molar-refractivity contribution in [1.29, 1.82) is 0 Å². The van der Waals surface area contributed by atoms with Crippen molar-refractivity contribution in [3.05, 3.63) is 28.3 Å². The van der Waals surface area contributed by atoms with E-state index in [1.54, 1.807) is 17.6 Å². The van der Waals surface area contributed by atoms with Gasteiger partial charge in [-0.25, -0.2) is 4.39 Å². The standard InChI is InChI=1S/C14H18FN3OS/c1-8-5-11-10(6-9(8)15)16-13(20)18(11)7-12(19)17-14(2,3)4/h5-6H,7H2,1-4H3,(H,16,20)(H,17,19). The first-order valence-corrected chi connectivity index (χ1v) is 6.78. The van der Waals surface area contributed by atoms with Gasteiger partial charge in [-0.15, -0.1) is 0 Å². The molecule has 1 amide bonds. The van der Waals surface area contributed by atoms with E-state index in [2.05, 4.69) is 10.3 Å². The molecule has 0 atom stereocenters. The lowest BCUT2D eigenvalue weighted by Gasteiger charge is -2.20. The van der Waals surface area contributed by atoms with Crippen LogP contribution in [0.5, 0.6) is 0 Å². The van der Waals surface area contributed by atoms with E-state index in [1.165, 1.54) is 6.07 Å². The second-order valence-electron chi connectivity index (χ2n) is 5.93. The molecule has 20 heavy (non-hydrogen) atoms. The average molecular weight is 295 g/mol. The molecule has 0 bridgehead atoms. The lowest BCUT2D eigenvalue weighted by molar-refractivity contribution is -0.123. The van der Waals surface area contributed by atoms with E-state index in [-0.39, 0.29) is 23.8 Å². The molecule has 1 aromatic heterocycles. The van der Waals surface area contributed by atoms with E-state index in [1.807, 2.05) is 20.8 Å². The number of aromatic amines is 1. The minimum atomic E-state index is -0.298. The van der Waals surface area contributed by atoms with Crippen molar-refractivity contribution in [1.82, 2.24) is 14.9 Å². The molecule has 0 aliphatic carbocycles. The summed E-state index contributed by atoms with van der Waals surface area (Å²) >= 11 is 5.20. The molecule has 0 spiro atoms. The Morgan fingerprint density at radius 1 is 1.45 bits per heavy atom. The summed E-state index contributed by atoms with van der Waals surface area (Å²) in [5, 5.41) is 2.88. The first kappa shape index (κ1) is 14.7. The third-order valence-corrected chi connectivity index (χ3v) is 3.19. The smallest absolute Gasteiger partial charge is 0.240 e. The number of benzene rings is 1. The highest BCUT2D eigenvalue weighted by Crippen LogP contribution is 2.19. The number of aromatic nitrogens is 2. The topological polar surface area (TPSA) is 49.8 Å². The Morgan fingerprint density at radius 2 is 2.10 bits per heavy atom. The summed E-state index contributed by atoms with van der Waals surface area (Å²) in [6.07, 6.45) is 0. The lowest BCUT2D eigenvalue weighted by Crippen LogP contribution is -2.42. The molecule has 0 aliphatic rings. The van der Waals surface area contributed by atoms with E-state index < -0.39 is 0 Å². The Kier molecular flexibility index (Phi) is 3.69. The number of hydrogen-bond acceptors (Lipinski definition) is 2. The summed E-state index contributed by atoms with van der Waals surface area (Å²) in [5.74, 6) is -0.420. The summed E-state index contributed by atoms with van der Waals surface area (Å²) in [4.78, 5) is 14.9. The highest BCUT2D eigenvalue weighted by Gasteiger charge is 2.16. The molecule has 108 valence electrons. The Morgan fingerprint density at radius 3 is 2.70 bits per heavy atom. The van der Waals surface area contributed by atoms with Gasteiger partial charge in [0.05, 0.1) is 11.0 Å². The zero-order valence-corrected chi connectivity index (χ0v) is 12.8. The molecule has 2 rings (SSSR count). The number of carbonyl (C=O) groups is 1. The highest BCUT2D eigenvalue weighted by molar-refractivity contribution is 7.71. The Balaban J connectivity index is 2.40. The van der Waals surface area contributed by atoms with Crippen LogP contribution in [-0.2, 0) is 11.3 Å². The van der Waals surface area contributed by atoms with E-state index >= 15 is 0 Å². The van der Waals surface area contributed by atoms with Gasteiger partial charge in [-0.3, -0.25) is 4.79 Å². The van der Waals surface area contributed by atoms with Crippen LogP contribution in [-0.4, -0.2) is 21.0 Å². The second kappa shape index (κ2) is 5.01. The first-order valence-electron chi connectivity index (χ1n) is 6.37. The molecule has 1 aromatic carbocycles. The molecular weight excluding hydrogens is 277 g/mol. The molecule has 2 aromatic rings. The van der Waals surface area contributed by atoms with Gasteiger partial charge in [0, 0.05) is 5.54 Å². The van der Waals surface area contributed by atoms with Crippen LogP contribution in [0.3, 0.4) is 0 Å². The number of nitrogens with zero attached hydrogens (tertiary/aromatic N) is 1. The highest BCUT2D eigenvalue weighted by atomic mass is 32.1. The predicted octanol–water partition coefficient (Wildman–Crippen LogP) is 3.06. The average Bonchev–Trinajstić information content (AvgIpc) is 2.54. The lowest BCUT2D eigenvalue weighted by atomic mass is 10.1. The molecule has 0 unspecified atom stereocenters. The zero-order valence-electron chi connectivity index (χ0n) is 12.0.